The van der Waals surface area contributed by atoms with Gasteiger partial charge in [-0.15, -0.1) is 0 Å². The molecule has 0 saturated heterocycles. The quantitative estimate of drug-likeness (QED) is 0.829. The molecular formula is C13H17NO2. The number of nitrogens with one attached hydrogen (secondary N) is 1. The van der Waals surface area contributed by atoms with E-state index in [0.717, 1.165) is 35.4 Å². The number of aliphatic hydroxyl groups excluding tert-OH is 1. The lowest BCUT2D eigenvalue weighted by Crippen LogP contribution is -1.94. The van der Waals surface area contributed by atoms with Gasteiger partial charge in [-0.05, 0) is 43.5 Å². The third kappa shape index (κ3) is 2.04. The third-order valence-electron chi connectivity index (χ3n) is 2.76. The summed E-state index contributed by atoms with van der Waals surface area (Å²) in [5, 5.41) is 10.0. The Labute approximate surface area is 95.1 Å². The average molecular weight is 219 g/mol. The molecular weight excluding hydrogens is 202 g/mol. The van der Waals surface area contributed by atoms with Gasteiger partial charge in [0, 0.05) is 23.2 Å². The molecule has 0 aliphatic carbocycles. The van der Waals surface area contributed by atoms with Crippen molar-refractivity contribution in [2.24, 2.45) is 0 Å². The molecule has 3 heteroatoms. The van der Waals surface area contributed by atoms with E-state index in [2.05, 4.69) is 17.1 Å². The van der Waals surface area contributed by atoms with Crippen LogP contribution in [0.4, 0.5) is 0 Å². The van der Waals surface area contributed by atoms with Crippen molar-refractivity contribution in [2.75, 3.05) is 13.7 Å². The zero-order chi connectivity index (χ0) is 11.5. The lowest BCUT2D eigenvalue weighted by molar-refractivity contribution is 0.288. The molecule has 86 valence electrons. The lowest BCUT2D eigenvalue weighted by atomic mass is 10.1. The maximum Gasteiger partial charge on any atom is 0.122 e. The van der Waals surface area contributed by atoms with E-state index >= 15 is 0 Å². The summed E-state index contributed by atoms with van der Waals surface area (Å²) in [4.78, 5) is 3.31. The van der Waals surface area contributed by atoms with E-state index < -0.39 is 0 Å². The number of aliphatic hydroxyl groups is 1. The van der Waals surface area contributed by atoms with Crippen LogP contribution in [-0.2, 0) is 6.42 Å². The molecule has 1 aromatic heterocycles. The zero-order valence-corrected chi connectivity index (χ0v) is 9.71. The molecule has 2 N–H and O–H groups in total. The maximum atomic E-state index is 8.86. The summed E-state index contributed by atoms with van der Waals surface area (Å²) >= 11 is 0. The number of aromatic nitrogens is 1. The number of aryl methyl sites for hydroxylation is 2. The van der Waals surface area contributed by atoms with Gasteiger partial charge in [0.05, 0.1) is 7.11 Å². The number of hydrogen-bond acceptors (Lipinski definition) is 2. The molecule has 0 bridgehead atoms. The molecule has 0 amide bonds. The second-order valence-electron chi connectivity index (χ2n) is 4.03. The van der Waals surface area contributed by atoms with E-state index in [1.165, 1.54) is 5.39 Å². The molecule has 0 fully saturated rings. The van der Waals surface area contributed by atoms with Gasteiger partial charge in [-0.3, -0.25) is 0 Å². The molecule has 2 rings (SSSR count). The molecule has 2 aromatic rings. The summed E-state index contributed by atoms with van der Waals surface area (Å²) < 4.78 is 5.36. The van der Waals surface area contributed by atoms with Crippen LogP contribution in [0.25, 0.3) is 10.9 Å². The monoisotopic (exact) mass is 219 g/mol. The van der Waals surface area contributed by atoms with Crippen molar-refractivity contribution in [3.63, 3.8) is 0 Å². The van der Waals surface area contributed by atoms with Gasteiger partial charge in [-0.2, -0.15) is 0 Å². The van der Waals surface area contributed by atoms with Gasteiger partial charge in [-0.25, -0.2) is 0 Å². The minimum atomic E-state index is 0.213. The predicted octanol–water partition coefficient (Wildman–Crippen LogP) is 2.41. The van der Waals surface area contributed by atoms with Gasteiger partial charge >= 0.3 is 0 Å². The number of ether oxygens (including phenoxy) is 1. The molecule has 0 aliphatic rings. The summed E-state index contributed by atoms with van der Waals surface area (Å²) in [7, 11) is 1.68. The fourth-order valence-corrected chi connectivity index (χ4v) is 2.00. The summed E-state index contributed by atoms with van der Waals surface area (Å²) in [6.07, 6.45) is 1.61. The lowest BCUT2D eigenvalue weighted by Gasteiger charge is -2.08. The van der Waals surface area contributed by atoms with Crippen molar-refractivity contribution in [3.05, 3.63) is 29.5 Å². The first-order chi connectivity index (χ1) is 7.74. The van der Waals surface area contributed by atoms with E-state index in [1.807, 2.05) is 13.0 Å². The van der Waals surface area contributed by atoms with E-state index in [1.54, 1.807) is 7.11 Å². The molecule has 0 spiro atoms. The fourth-order valence-electron chi connectivity index (χ4n) is 2.00. The van der Waals surface area contributed by atoms with Crippen molar-refractivity contribution in [3.8, 4) is 5.75 Å². The van der Waals surface area contributed by atoms with Crippen LogP contribution < -0.4 is 4.74 Å². The van der Waals surface area contributed by atoms with Gasteiger partial charge in [0.15, 0.2) is 0 Å². The molecule has 3 nitrogen and oxygen atoms in total. The second-order valence-corrected chi connectivity index (χ2v) is 4.03. The van der Waals surface area contributed by atoms with Crippen LogP contribution in [-0.4, -0.2) is 23.8 Å². The number of methoxy groups -OCH3 is 1. The van der Waals surface area contributed by atoms with E-state index in [-0.39, 0.29) is 6.61 Å². The largest absolute Gasteiger partial charge is 0.496 e. The van der Waals surface area contributed by atoms with E-state index in [4.69, 9.17) is 9.84 Å². The minimum absolute atomic E-state index is 0.213. The molecule has 0 radical (unpaired) electrons. The molecule has 0 unspecified atom stereocenters. The highest BCUT2D eigenvalue weighted by atomic mass is 16.5. The Morgan fingerprint density at radius 2 is 2.12 bits per heavy atom. The smallest absolute Gasteiger partial charge is 0.122 e. The number of aromatic amines is 1. The maximum absolute atomic E-state index is 8.86. The standard InChI is InChI=1S/C13H17NO2/c1-9-6-11-8-13(16-2)10(4-3-5-15)7-12(11)14-9/h6-8,14-15H,3-5H2,1-2H3. The average Bonchev–Trinajstić information content (AvgIpc) is 2.63. The fraction of sp³-hybridized carbons (Fsp3) is 0.385. The first-order valence-corrected chi connectivity index (χ1v) is 5.51. The molecule has 1 heterocycles. The highest BCUT2D eigenvalue weighted by Gasteiger charge is 2.06. The van der Waals surface area contributed by atoms with Crippen LogP contribution in [0.2, 0.25) is 0 Å². The normalized spacial score (nSPS) is 10.9. The first kappa shape index (κ1) is 11.0. The Hall–Kier alpha value is -1.48. The summed E-state index contributed by atoms with van der Waals surface area (Å²) in [6.45, 7) is 2.25. The summed E-state index contributed by atoms with van der Waals surface area (Å²) in [5.74, 6) is 0.903. The van der Waals surface area contributed by atoms with Crippen molar-refractivity contribution in [2.45, 2.75) is 19.8 Å². The number of hydrogen-bond donors (Lipinski definition) is 2. The highest BCUT2D eigenvalue weighted by Crippen LogP contribution is 2.27. The summed E-state index contributed by atoms with van der Waals surface area (Å²) in [6, 6.07) is 6.26. The first-order valence-electron chi connectivity index (χ1n) is 5.51. The van der Waals surface area contributed by atoms with Crippen molar-refractivity contribution >= 4 is 10.9 Å². The Morgan fingerprint density at radius 3 is 2.81 bits per heavy atom. The van der Waals surface area contributed by atoms with E-state index in [9.17, 15) is 0 Å². The van der Waals surface area contributed by atoms with Gasteiger partial charge in [-0.1, -0.05) is 0 Å². The van der Waals surface area contributed by atoms with Crippen LogP contribution in [0, 0.1) is 6.92 Å². The Balaban J connectivity index is 2.44. The number of rotatable bonds is 4. The zero-order valence-electron chi connectivity index (χ0n) is 9.71. The van der Waals surface area contributed by atoms with Gasteiger partial charge in [0.1, 0.15) is 5.75 Å². The molecule has 16 heavy (non-hydrogen) atoms. The van der Waals surface area contributed by atoms with E-state index in [0.29, 0.717) is 0 Å². The second kappa shape index (κ2) is 4.58. The van der Waals surface area contributed by atoms with Crippen molar-refractivity contribution < 1.29 is 9.84 Å². The molecule has 0 saturated carbocycles. The van der Waals surface area contributed by atoms with Crippen LogP contribution in [0.15, 0.2) is 18.2 Å². The number of H-pyrrole nitrogens is 1. The van der Waals surface area contributed by atoms with Gasteiger partial charge in [0.25, 0.3) is 0 Å². The molecule has 1 aromatic carbocycles. The van der Waals surface area contributed by atoms with Crippen molar-refractivity contribution in [1.82, 2.24) is 4.98 Å². The topological polar surface area (TPSA) is 45.2 Å². The van der Waals surface area contributed by atoms with Gasteiger partial charge < -0.3 is 14.8 Å². The Morgan fingerprint density at radius 1 is 1.31 bits per heavy atom. The van der Waals surface area contributed by atoms with Crippen LogP contribution >= 0.6 is 0 Å². The predicted molar refractivity (Wildman–Crippen MR) is 65.0 cm³/mol. The van der Waals surface area contributed by atoms with Crippen molar-refractivity contribution in [1.29, 1.82) is 0 Å². The van der Waals surface area contributed by atoms with Crippen LogP contribution in [0.5, 0.6) is 5.75 Å². The van der Waals surface area contributed by atoms with Crippen LogP contribution in [0.3, 0.4) is 0 Å². The Kier molecular flexibility index (Phi) is 3.15. The Bertz CT molecular complexity index is 488. The number of fused-ring (bicyclic) bond motifs is 1. The SMILES string of the molecule is COc1cc2cc(C)[nH]c2cc1CCCO. The third-order valence-corrected chi connectivity index (χ3v) is 2.76. The van der Waals surface area contributed by atoms with Gasteiger partial charge in [0.2, 0.25) is 0 Å². The summed E-state index contributed by atoms with van der Waals surface area (Å²) in [5.41, 5.74) is 3.42. The molecule has 0 atom stereocenters. The number of benzene rings is 1. The van der Waals surface area contributed by atoms with Crippen LogP contribution in [0.1, 0.15) is 17.7 Å². The molecule has 0 aliphatic heterocycles. The highest BCUT2D eigenvalue weighted by molar-refractivity contribution is 5.83. The minimum Gasteiger partial charge on any atom is -0.496 e.